The minimum absolute atomic E-state index is 0.0483. The summed E-state index contributed by atoms with van der Waals surface area (Å²) >= 11 is 16.6. The smallest absolute Gasteiger partial charge is 0.149 e. The number of halogens is 3. The second-order valence-corrected chi connectivity index (χ2v) is 3.28. The van der Waals surface area contributed by atoms with Crippen LogP contribution in [-0.4, -0.2) is 29.7 Å². The lowest BCUT2D eigenvalue weighted by molar-refractivity contribution is -0.127. The van der Waals surface area contributed by atoms with Gasteiger partial charge >= 0.3 is 0 Å². The first-order valence-corrected chi connectivity index (χ1v) is 4.92. The lowest BCUT2D eigenvalue weighted by Gasteiger charge is -2.23. The van der Waals surface area contributed by atoms with Crippen LogP contribution in [-0.2, 0) is 9.59 Å². The minimum atomic E-state index is -0.939. The van der Waals surface area contributed by atoms with Crippen LogP contribution in [0.3, 0.4) is 0 Å². The summed E-state index contributed by atoms with van der Waals surface area (Å²) in [6.07, 6.45) is 0.356. The summed E-state index contributed by atoms with van der Waals surface area (Å²) in [6, 6.07) is 0. The molecule has 0 fully saturated rings. The van der Waals surface area contributed by atoms with Crippen molar-refractivity contribution in [3.8, 4) is 0 Å². The van der Waals surface area contributed by atoms with E-state index in [0.717, 1.165) is 0 Å². The van der Waals surface area contributed by atoms with Gasteiger partial charge in [0.25, 0.3) is 0 Å². The Morgan fingerprint density at radius 2 is 1.58 bits per heavy atom. The molecule has 12 heavy (non-hydrogen) atoms. The Bertz CT molecular complexity index is 158. The second-order valence-electron chi connectivity index (χ2n) is 2.48. The monoisotopic (exact) mass is 230 g/mol. The molecule has 0 radical (unpaired) electrons. The molecule has 0 spiro atoms. The van der Waals surface area contributed by atoms with E-state index in [-0.39, 0.29) is 29.8 Å². The predicted molar refractivity (Wildman–Crippen MR) is 50.3 cm³/mol. The van der Waals surface area contributed by atoms with E-state index in [1.54, 1.807) is 0 Å². The highest BCUT2D eigenvalue weighted by Gasteiger charge is 2.35. The number of carbonyl (C=O) groups is 2. The van der Waals surface area contributed by atoms with Gasteiger partial charge in [0.05, 0.1) is 11.8 Å². The summed E-state index contributed by atoms with van der Waals surface area (Å²) in [7, 11) is 0. The van der Waals surface area contributed by atoms with Crippen LogP contribution < -0.4 is 0 Å². The number of rotatable bonds is 6. The molecule has 0 aromatic carbocycles. The first-order chi connectivity index (χ1) is 5.66. The van der Waals surface area contributed by atoms with Crippen LogP contribution >= 0.6 is 34.8 Å². The molecule has 0 rings (SSSR count). The fourth-order valence-electron chi connectivity index (χ4n) is 0.623. The average Bonchev–Trinajstić information content (AvgIpc) is 2.09. The summed E-state index contributed by atoms with van der Waals surface area (Å²) in [5.41, 5.74) is -0.939. The van der Waals surface area contributed by atoms with Gasteiger partial charge in [0, 0.05) is 17.6 Å². The molecule has 0 aromatic heterocycles. The minimum Gasteiger partial charge on any atom is -0.303 e. The van der Waals surface area contributed by atoms with Crippen LogP contribution in [0.4, 0.5) is 0 Å². The quantitative estimate of drug-likeness (QED) is 0.397. The Morgan fingerprint density at radius 1 is 1.17 bits per heavy atom. The molecular formula is C7H9Cl3O2. The Labute approximate surface area is 86.2 Å². The zero-order chi connectivity index (χ0) is 9.61. The summed E-state index contributed by atoms with van der Waals surface area (Å²) in [4.78, 5) is 21.3. The molecule has 0 saturated heterocycles. The van der Waals surface area contributed by atoms with Gasteiger partial charge in [0.1, 0.15) is 12.1 Å². The van der Waals surface area contributed by atoms with E-state index >= 15 is 0 Å². The predicted octanol–water partition coefficient (Wildman–Crippen LogP) is 1.85. The molecule has 0 amide bonds. The molecule has 70 valence electrons. The Hall–Kier alpha value is 0.210. The van der Waals surface area contributed by atoms with Crippen LogP contribution in [0.5, 0.6) is 0 Å². The zero-order valence-electron chi connectivity index (χ0n) is 6.36. The lowest BCUT2D eigenvalue weighted by Crippen LogP contribution is -2.37. The van der Waals surface area contributed by atoms with E-state index in [1.165, 1.54) is 0 Å². The standard InChI is InChI=1S/C7H9Cl3O2/c8-3-7(4-9,5-10)6(12)1-2-11/h2H,1,3-5H2. The molecule has 0 aliphatic heterocycles. The number of alkyl halides is 3. The van der Waals surface area contributed by atoms with Crippen molar-refractivity contribution in [2.75, 3.05) is 17.6 Å². The fourth-order valence-corrected chi connectivity index (χ4v) is 1.93. The van der Waals surface area contributed by atoms with E-state index in [9.17, 15) is 9.59 Å². The van der Waals surface area contributed by atoms with E-state index < -0.39 is 5.41 Å². The number of hydrogen-bond donors (Lipinski definition) is 0. The SMILES string of the molecule is O=CCC(=O)C(CCl)(CCl)CCl. The molecule has 0 saturated carbocycles. The maximum Gasteiger partial charge on any atom is 0.149 e. The van der Waals surface area contributed by atoms with Crippen LogP contribution in [0.25, 0.3) is 0 Å². The largest absolute Gasteiger partial charge is 0.303 e. The Morgan fingerprint density at radius 3 is 1.83 bits per heavy atom. The third kappa shape index (κ3) is 2.61. The molecule has 2 nitrogen and oxygen atoms in total. The Balaban J connectivity index is 4.46. The van der Waals surface area contributed by atoms with Gasteiger partial charge in [-0.15, -0.1) is 34.8 Å². The molecule has 0 atom stereocenters. The molecule has 0 heterocycles. The summed E-state index contributed by atoms with van der Waals surface area (Å²) < 4.78 is 0. The molecule has 0 N–H and O–H groups in total. The summed E-state index contributed by atoms with van der Waals surface area (Å²) in [6.45, 7) is 0. The number of Topliss-reactive ketones (excluding diaryl/α,β-unsaturated/α-hetero) is 1. The van der Waals surface area contributed by atoms with Crippen LogP contribution in [0.1, 0.15) is 6.42 Å². The van der Waals surface area contributed by atoms with Crippen molar-refractivity contribution in [1.82, 2.24) is 0 Å². The average molecular weight is 232 g/mol. The van der Waals surface area contributed by atoms with Gasteiger partial charge in [-0.25, -0.2) is 0 Å². The second kappa shape index (κ2) is 5.79. The van der Waals surface area contributed by atoms with Gasteiger partial charge in [-0.05, 0) is 0 Å². The molecule has 0 bridgehead atoms. The fraction of sp³-hybridized carbons (Fsp3) is 0.714. The first kappa shape index (κ1) is 12.2. The van der Waals surface area contributed by atoms with E-state index in [1.807, 2.05) is 0 Å². The van der Waals surface area contributed by atoms with Crippen molar-refractivity contribution >= 4 is 46.9 Å². The third-order valence-electron chi connectivity index (χ3n) is 1.63. The maximum absolute atomic E-state index is 11.3. The number of hydrogen-bond acceptors (Lipinski definition) is 2. The van der Waals surface area contributed by atoms with Crippen molar-refractivity contribution in [3.05, 3.63) is 0 Å². The molecule has 5 heteroatoms. The van der Waals surface area contributed by atoms with Crippen molar-refractivity contribution in [3.63, 3.8) is 0 Å². The normalized spacial score (nSPS) is 11.2. The molecule has 0 aliphatic rings. The van der Waals surface area contributed by atoms with Gasteiger partial charge in [0.15, 0.2) is 0 Å². The molecule has 0 aromatic rings. The van der Waals surface area contributed by atoms with Gasteiger partial charge in [-0.3, -0.25) is 4.79 Å². The zero-order valence-corrected chi connectivity index (χ0v) is 8.62. The van der Waals surface area contributed by atoms with Crippen molar-refractivity contribution in [2.24, 2.45) is 5.41 Å². The van der Waals surface area contributed by atoms with E-state index in [4.69, 9.17) is 34.8 Å². The van der Waals surface area contributed by atoms with E-state index in [0.29, 0.717) is 6.29 Å². The number of aldehydes is 1. The van der Waals surface area contributed by atoms with Gasteiger partial charge in [-0.1, -0.05) is 0 Å². The lowest BCUT2D eigenvalue weighted by atomic mass is 9.88. The number of carbonyl (C=O) groups excluding carboxylic acids is 2. The highest BCUT2D eigenvalue weighted by atomic mass is 35.5. The Kier molecular flexibility index (Phi) is 5.89. The summed E-state index contributed by atoms with van der Waals surface area (Å²) in [5.74, 6) is -0.149. The topological polar surface area (TPSA) is 34.1 Å². The molecule has 0 aliphatic carbocycles. The van der Waals surface area contributed by atoms with Gasteiger partial charge in [-0.2, -0.15) is 0 Å². The van der Waals surface area contributed by atoms with Crippen molar-refractivity contribution in [2.45, 2.75) is 6.42 Å². The maximum atomic E-state index is 11.3. The van der Waals surface area contributed by atoms with Crippen LogP contribution in [0, 0.1) is 5.41 Å². The molecule has 0 unspecified atom stereocenters. The van der Waals surface area contributed by atoms with Crippen LogP contribution in [0.2, 0.25) is 0 Å². The third-order valence-corrected chi connectivity index (χ3v) is 3.16. The van der Waals surface area contributed by atoms with Crippen molar-refractivity contribution < 1.29 is 9.59 Å². The molecular weight excluding hydrogens is 222 g/mol. The van der Waals surface area contributed by atoms with Crippen LogP contribution in [0.15, 0.2) is 0 Å². The highest BCUT2D eigenvalue weighted by molar-refractivity contribution is 6.28. The van der Waals surface area contributed by atoms with Gasteiger partial charge < -0.3 is 4.79 Å². The van der Waals surface area contributed by atoms with Crippen molar-refractivity contribution in [1.29, 1.82) is 0 Å². The van der Waals surface area contributed by atoms with Gasteiger partial charge in [0.2, 0.25) is 0 Å². The highest BCUT2D eigenvalue weighted by Crippen LogP contribution is 2.25. The number of ketones is 1. The first-order valence-electron chi connectivity index (χ1n) is 3.31. The summed E-state index contributed by atoms with van der Waals surface area (Å²) in [5, 5.41) is 0. The van der Waals surface area contributed by atoms with E-state index in [2.05, 4.69) is 0 Å².